The first-order valence-corrected chi connectivity index (χ1v) is 17.9. The molecule has 0 bridgehead atoms. The molecule has 0 atom stereocenters. The Labute approximate surface area is 185 Å². The van der Waals surface area contributed by atoms with Crippen molar-refractivity contribution in [2.45, 2.75) is 0 Å². The van der Waals surface area contributed by atoms with E-state index in [1.165, 1.54) is 0 Å². The molecule has 1 aliphatic rings. The Hall–Kier alpha value is 2.52. The molecule has 0 unspecified atom stereocenters. The van der Waals surface area contributed by atoms with Crippen LogP contribution in [0.25, 0.3) is 0 Å². The van der Waals surface area contributed by atoms with Crippen LogP contribution in [-0.4, -0.2) is 120 Å². The van der Waals surface area contributed by atoms with Gasteiger partial charge in [0.05, 0.1) is 79.3 Å². The van der Waals surface area contributed by atoms with E-state index in [-0.39, 0.29) is 36.3 Å². The summed E-state index contributed by atoms with van der Waals surface area (Å²) >= 11 is -2.13. The molecule has 0 aromatic rings. The van der Waals surface area contributed by atoms with Gasteiger partial charge in [-0.15, -0.1) is 0 Å². The monoisotopic (exact) mass is 644 g/mol. The third-order valence-corrected chi connectivity index (χ3v) is 2.23. The zero-order chi connectivity index (χ0) is 16.3. The summed E-state index contributed by atoms with van der Waals surface area (Å²) in [5.41, 5.74) is 0. The topological polar surface area (TPSA) is 55.4 Å². The van der Waals surface area contributed by atoms with Gasteiger partial charge in [-0.2, -0.15) is 0 Å². The first-order chi connectivity index (χ1) is 10.7. The first kappa shape index (κ1) is 31.2. The third kappa shape index (κ3) is 32.2. The molecular weight excluding hydrogens is 619 g/mol. The van der Waals surface area contributed by atoms with Crippen molar-refractivity contribution >= 4 is 67.1 Å². The molecule has 0 N–H and O–H groups in total. The molecule has 0 saturated carbocycles. The van der Waals surface area contributed by atoms with Crippen LogP contribution in [0.3, 0.4) is 0 Å². The maximum atomic E-state index is 5.33. The van der Waals surface area contributed by atoms with Crippen molar-refractivity contribution in [2.75, 3.05) is 79.3 Å². The zero-order valence-electron chi connectivity index (χ0n) is 13.4. The SMILES string of the molecule is C1COCCOCCOCCOCCOCCO1.[Cl-].[Cl][Sn-]([Cl])[Cl].[Sn+2]. The average Bonchev–Trinajstić information content (AvgIpc) is 2.47. The van der Waals surface area contributed by atoms with Crippen LogP contribution in [0.2, 0.25) is 0 Å². The largest absolute Gasteiger partial charge is 2.00 e. The van der Waals surface area contributed by atoms with Gasteiger partial charge in [0.1, 0.15) is 0 Å². The van der Waals surface area contributed by atoms with Crippen LogP contribution in [0.5, 0.6) is 0 Å². The predicted molar refractivity (Wildman–Crippen MR) is 94.0 cm³/mol. The van der Waals surface area contributed by atoms with Crippen LogP contribution in [0, 0.1) is 0 Å². The second-order valence-electron chi connectivity index (χ2n) is 3.89. The Morgan fingerprint density at radius 1 is 0.417 bits per heavy atom. The van der Waals surface area contributed by atoms with Gasteiger partial charge in [0, 0.05) is 0 Å². The number of ether oxygens (including phenoxy) is 6. The van der Waals surface area contributed by atoms with Crippen LogP contribution in [0.15, 0.2) is 0 Å². The van der Waals surface area contributed by atoms with Gasteiger partial charge in [0.15, 0.2) is 0 Å². The summed E-state index contributed by atoms with van der Waals surface area (Å²) in [5.74, 6) is 0. The number of rotatable bonds is 0. The number of hydrogen-bond donors (Lipinski definition) is 0. The molecule has 144 valence electrons. The van der Waals surface area contributed by atoms with E-state index >= 15 is 0 Å². The van der Waals surface area contributed by atoms with Crippen LogP contribution < -0.4 is 12.4 Å². The summed E-state index contributed by atoms with van der Waals surface area (Å²) < 4.78 is 32.0. The number of hydrogen-bond acceptors (Lipinski definition) is 6. The summed E-state index contributed by atoms with van der Waals surface area (Å²) in [6, 6.07) is 0. The fourth-order valence-corrected chi connectivity index (χ4v) is 1.32. The molecule has 1 aliphatic heterocycles. The normalized spacial score (nSPS) is 19.5. The van der Waals surface area contributed by atoms with Crippen molar-refractivity contribution in [3.63, 3.8) is 0 Å². The molecule has 12 heteroatoms. The molecule has 2 radical (unpaired) electrons. The van der Waals surface area contributed by atoms with Gasteiger partial charge < -0.3 is 40.8 Å². The Balaban J connectivity index is -0.000000661. The van der Waals surface area contributed by atoms with E-state index in [1.54, 1.807) is 0 Å². The summed E-state index contributed by atoms with van der Waals surface area (Å²) in [6.07, 6.45) is 0. The Bertz CT molecular complexity index is 146. The maximum Gasteiger partial charge on any atom is 2.00 e. The maximum absolute atomic E-state index is 5.33. The van der Waals surface area contributed by atoms with E-state index in [1.807, 2.05) is 0 Å². The molecule has 0 spiro atoms. The van der Waals surface area contributed by atoms with Crippen molar-refractivity contribution in [1.29, 1.82) is 0 Å². The minimum atomic E-state index is -2.13. The van der Waals surface area contributed by atoms with Gasteiger partial charge >= 0.3 is 67.1 Å². The predicted octanol–water partition coefficient (Wildman–Crippen LogP) is -1.59. The van der Waals surface area contributed by atoms with Crippen LogP contribution in [0.1, 0.15) is 0 Å². The molecule has 1 saturated heterocycles. The van der Waals surface area contributed by atoms with Crippen molar-refractivity contribution in [2.24, 2.45) is 0 Å². The molecule has 24 heavy (non-hydrogen) atoms. The van der Waals surface area contributed by atoms with Gasteiger partial charge in [-0.1, -0.05) is 0 Å². The third-order valence-electron chi connectivity index (χ3n) is 2.23. The van der Waals surface area contributed by atoms with E-state index in [9.17, 15) is 0 Å². The summed E-state index contributed by atoms with van der Waals surface area (Å²) in [4.78, 5) is 0. The fourth-order valence-electron chi connectivity index (χ4n) is 1.32. The zero-order valence-corrected chi connectivity index (χ0v) is 22.2. The molecule has 0 aliphatic carbocycles. The molecule has 0 amide bonds. The summed E-state index contributed by atoms with van der Waals surface area (Å²) in [5, 5.41) is 0. The minimum Gasteiger partial charge on any atom is 2.00 e. The van der Waals surface area contributed by atoms with Crippen LogP contribution >= 0.6 is 26.8 Å². The van der Waals surface area contributed by atoms with E-state index < -0.39 is 16.4 Å². The van der Waals surface area contributed by atoms with Gasteiger partial charge in [0.2, 0.25) is 0 Å². The van der Waals surface area contributed by atoms with Gasteiger partial charge in [0.25, 0.3) is 0 Å². The van der Waals surface area contributed by atoms with Crippen LogP contribution in [-0.2, 0) is 28.4 Å². The molecule has 6 nitrogen and oxygen atoms in total. The average molecular weight is 644 g/mol. The van der Waals surface area contributed by atoms with E-state index in [2.05, 4.69) is 0 Å². The Morgan fingerprint density at radius 3 is 0.583 bits per heavy atom. The van der Waals surface area contributed by atoms with Gasteiger partial charge in [-0.3, -0.25) is 0 Å². The Morgan fingerprint density at radius 2 is 0.500 bits per heavy atom. The van der Waals surface area contributed by atoms with Crippen molar-refractivity contribution in [1.82, 2.24) is 0 Å². The van der Waals surface area contributed by atoms with Crippen LogP contribution in [0.4, 0.5) is 0 Å². The molecule has 1 heterocycles. The van der Waals surface area contributed by atoms with E-state index in [4.69, 9.17) is 55.2 Å². The van der Waals surface area contributed by atoms with E-state index in [0.29, 0.717) is 79.3 Å². The van der Waals surface area contributed by atoms with Gasteiger partial charge in [-0.05, 0) is 0 Å². The van der Waals surface area contributed by atoms with Crippen molar-refractivity contribution in [3.05, 3.63) is 0 Å². The number of halogens is 4. The second kappa shape index (κ2) is 27.7. The summed E-state index contributed by atoms with van der Waals surface area (Å²) in [6.45, 7) is 7.04. The quantitative estimate of drug-likeness (QED) is 0.297. The molecule has 0 aromatic heterocycles. The van der Waals surface area contributed by atoms with Crippen molar-refractivity contribution < 1.29 is 40.8 Å². The minimum absolute atomic E-state index is 0. The Kier molecular flexibility index (Phi) is 36.1. The molecular formula is C12H24Cl4O6Sn2. The standard InChI is InChI=1S/C12H24O6.4ClH.2Sn/c1-2-14-5-6-16-9-10-18-12-11-17-8-7-15-4-3-13-1;;;;;;/h1-12H2;4*1H;;/q;;;;;2*+2/p-4. The smallest absolute Gasteiger partial charge is 2.00 e. The summed E-state index contributed by atoms with van der Waals surface area (Å²) in [7, 11) is 15.0. The second-order valence-corrected chi connectivity index (χ2v) is 16.6. The van der Waals surface area contributed by atoms with Crippen molar-refractivity contribution in [3.8, 4) is 0 Å². The first-order valence-electron chi connectivity index (χ1n) is 7.03. The molecule has 1 fully saturated rings. The fraction of sp³-hybridized carbons (Fsp3) is 1.00. The van der Waals surface area contributed by atoms with E-state index in [0.717, 1.165) is 0 Å². The molecule has 0 aromatic carbocycles. The molecule has 1 rings (SSSR count). The van der Waals surface area contributed by atoms with Gasteiger partial charge in [-0.25, -0.2) is 0 Å².